The predicted octanol–water partition coefficient (Wildman–Crippen LogP) is 3.08. The van der Waals surface area contributed by atoms with E-state index in [1.54, 1.807) is 29.0 Å². The smallest absolute Gasteiger partial charge is 0.253 e. The minimum absolute atomic E-state index is 0.166. The normalized spacial score (nSPS) is 20.0. The first-order valence-electron chi connectivity index (χ1n) is 11.7. The zero-order valence-electron chi connectivity index (χ0n) is 19.6. The van der Waals surface area contributed by atoms with Crippen LogP contribution in [0.25, 0.3) is 16.7 Å². The fraction of sp³-hybridized carbons (Fsp3) is 0.400. The first-order valence-corrected chi connectivity index (χ1v) is 11.7. The van der Waals surface area contributed by atoms with Gasteiger partial charge in [-0.2, -0.15) is 10.4 Å². The lowest BCUT2D eigenvalue weighted by Gasteiger charge is -2.48. The SMILES string of the molecule is CC[C@@H]1CN(c2cc(=O)[nH]c3cc(CC#N)nn23)[C@@H](C)CN1[C@H](C)c1ccc2nccnc2c1. The van der Waals surface area contributed by atoms with Gasteiger partial charge in [-0.1, -0.05) is 13.0 Å². The Labute approximate surface area is 197 Å². The molecule has 0 radical (unpaired) electrons. The molecule has 1 aliphatic rings. The van der Waals surface area contributed by atoms with Crippen molar-refractivity contribution >= 4 is 22.5 Å². The van der Waals surface area contributed by atoms with Crippen LogP contribution >= 0.6 is 0 Å². The molecule has 3 aromatic heterocycles. The summed E-state index contributed by atoms with van der Waals surface area (Å²) >= 11 is 0. The van der Waals surface area contributed by atoms with Crippen molar-refractivity contribution in [2.45, 2.75) is 51.7 Å². The number of aromatic nitrogens is 5. The van der Waals surface area contributed by atoms with E-state index in [0.29, 0.717) is 17.4 Å². The van der Waals surface area contributed by atoms with Crippen LogP contribution in [-0.4, -0.2) is 54.6 Å². The maximum Gasteiger partial charge on any atom is 0.253 e. The van der Waals surface area contributed by atoms with Crippen molar-refractivity contribution in [3.8, 4) is 6.07 Å². The molecule has 0 unspecified atom stereocenters. The van der Waals surface area contributed by atoms with Gasteiger partial charge in [-0.05, 0) is 38.0 Å². The maximum atomic E-state index is 12.4. The van der Waals surface area contributed by atoms with Gasteiger partial charge in [0.15, 0.2) is 0 Å². The van der Waals surface area contributed by atoms with Gasteiger partial charge < -0.3 is 9.88 Å². The Morgan fingerprint density at radius 2 is 1.97 bits per heavy atom. The third kappa shape index (κ3) is 3.90. The topological polar surface area (TPSA) is 106 Å². The molecule has 4 heterocycles. The van der Waals surface area contributed by atoms with Gasteiger partial charge in [0, 0.05) is 55.7 Å². The Hall–Kier alpha value is -3.77. The van der Waals surface area contributed by atoms with Crippen LogP contribution < -0.4 is 10.5 Å². The number of hydrogen-bond donors (Lipinski definition) is 1. The highest BCUT2D eigenvalue weighted by molar-refractivity contribution is 5.74. The minimum atomic E-state index is -0.167. The number of piperazine rings is 1. The first kappa shape index (κ1) is 22.0. The van der Waals surface area contributed by atoms with Gasteiger partial charge in [-0.3, -0.25) is 19.7 Å². The summed E-state index contributed by atoms with van der Waals surface area (Å²) in [6.45, 7) is 8.26. The van der Waals surface area contributed by atoms with E-state index in [1.807, 2.05) is 6.07 Å². The largest absolute Gasteiger partial charge is 0.351 e. The predicted molar refractivity (Wildman–Crippen MR) is 131 cm³/mol. The van der Waals surface area contributed by atoms with Crippen molar-refractivity contribution < 1.29 is 0 Å². The summed E-state index contributed by atoms with van der Waals surface area (Å²) in [5.74, 6) is 0.766. The number of fused-ring (bicyclic) bond motifs is 2. The van der Waals surface area contributed by atoms with Crippen molar-refractivity contribution in [2.75, 3.05) is 18.0 Å². The number of aromatic amines is 1. The molecule has 5 rings (SSSR count). The van der Waals surface area contributed by atoms with Crippen molar-refractivity contribution in [1.29, 1.82) is 5.26 Å². The molecule has 0 bridgehead atoms. The summed E-state index contributed by atoms with van der Waals surface area (Å²) in [4.78, 5) is 29.0. The fourth-order valence-corrected chi connectivity index (χ4v) is 5.06. The molecular weight excluding hydrogens is 428 g/mol. The van der Waals surface area contributed by atoms with E-state index < -0.39 is 0 Å². The Morgan fingerprint density at radius 3 is 2.74 bits per heavy atom. The minimum Gasteiger partial charge on any atom is -0.351 e. The molecule has 3 atom stereocenters. The summed E-state index contributed by atoms with van der Waals surface area (Å²) in [5.41, 5.74) is 4.12. The molecule has 0 spiro atoms. The van der Waals surface area contributed by atoms with E-state index in [-0.39, 0.29) is 24.1 Å². The van der Waals surface area contributed by atoms with E-state index >= 15 is 0 Å². The number of nitriles is 1. The summed E-state index contributed by atoms with van der Waals surface area (Å²) in [7, 11) is 0. The van der Waals surface area contributed by atoms with Crippen molar-refractivity contribution in [3.63, 3.8) is 0 Å². The second kappa shape index (κ2) is 8.88. The van der Waals surface area contributed by atoms with Crippen molar-refractivity contribution in [2.24, 2.45) is 0 Å². The molecule has 1 aliphatic heterocycles. The molecule has 0 aliphatic carbocycles. The van der Waals surface area contributed by atoms with E-state index in [9.17, 15) is 4.79 Å². The highest BCUT2D eigenvalue weighted by atomic mass is 16.1. The number of rotatable bonds is 5. The van der Waals surface area contributed by atoms with Gasteiger partial charge in [0.25, 0.3) is 5.56 Å². The average molecular weight is 457 g/mol. The van der Waals surface area contributed by atoms with Gasteiger partial charge in [0.05, 0.1) is 29.2 Å². The second-order valence-corrected chi connectivity index (χ2v) is 9.00. The van der Waals surface area contributed by atoms with Gasteiger partial charge in [0.1, 0.15) is 11.5 Å². The van der Waals surface area contributed by atoms with E-state index in [2.05, 4.69) is 68.8 Å². The number of nitrogens with one attached hydrogen (secondary N) is 1. The molecule has 9 heteroatoms. The molecule has 1 fully saturated rings. The lowest BCUT2D eigenvalue weighted by Crippen LogP contribution is -2.58. The van der Waals surface area contributed by atoms with Crippen LogP contribution in [0.5, 0.6) is 0 Å². The zero-order chi connectivity index (χ0) is 23.8. The van der Waals surface area contributed by atoms with Crippen LogP contribution in [0.4, 0.5) is 5.82 Å². The van der Waals surface area contributed by atoms with Gasteiger partial charge in [0.2, 0.25) is 0 Å². The summed E-state index contributed by atoms with van der Waals surface area (Å²) < 4.78 is 1.76. The lowest BCUT2D eigenvalue weighted by molar-refractivity contribution is 0.105. The molecule has 0 saturated carbocycles. The average Bonchev–Trinajstić information content (AvgIpc) is 3.25. The third-order valence-corrected chi connectivity index (χ3v) is 6.87. The van der Waals surface area contributed by atoms with Crippen LogP contribution in [0.1, 0.15) is 44.5 Å². The lowest BCUT2D eigenvalue weighted by atomic mass is 9.98. The van der Waals surface area contributed by atoms with Gasteiger partial charge in [-0.15, -0.1) is 0 Å². The molecule has 9 nitrogen and oxygen atoms in total. The third-order valence-electron chi connectivity index (χ3n) is 6.87. The van der Waals surface area contributed by atoms with E-state index in [0.717, 1.165) is 36.4 Å². The van der Waals surface area contributed by atoms with E-state index in [1.165, 1.54) is 5.56 Å². The Balaban J connectivity index is 1.46. The second-order valence-electron chi connectivity index (χ2n) is 9.00. The summed E-state index contributed by atoms with van der Waals surface area (Å²) in [6, 6.07) is 12.5. The maximum absolute atomic E-state index is 12.4. The van der Waals surface area contributed by atoms with Gasteiger partial charge >= 0.3 is 0 Å². The monoisotopic (exact) mass is 456 g/mol. The summed E-state index contributed by atoms with van der Waals surface area (Å²) in [6.07, 6.45) is 4.63. The molecule has 4 aromatic rings. The van der Waals surface area contributed by atoms with Gasteiger partial charge in [-0.25, -0.2) is 4.52 Å². The van der Waals surface area contributed by atoms with Crippen molar-refractivity contribution in [3.05, 3.63) is 64.3 Å². The molecular formula is C25H28N8O. The fourth-order valence-electron chi connectivity index (χ4n) is 5.06. The highest BCUT2D eigenvalue weighted by Crippen LogP contribution is 2.31. The molecule has 174 valence electrons. The van der Waals surface area contributed by atoms with E-state index in [4.69, 9.17) is 5.26 Å². The van der Waals surface area contributed by atoms with Crippen LogP contribution in [-0.2, 0) is 6.42 Å². The number of nitrogens with zero attached hydrogens (tertiary/aromatic N) is 7. The molecule has 34 heavy (non-hydrogen) atoms. The van der Waals surface area contributed by atoms with Crippen LogP contribution in [0.3, 0.4) is 0 Å². The molecule has 1 N–H and O–H groups in total. The molecule has 1 saturated heterocycles. The Morgan fingerprint density at radius 1 is 1.18 bits per heavy atom. The van der Waals surface area contributed by atoms with Crippen LogP contribution in [0.2, 0.25) is 0 Å². The number of hydrogen-bond acceptors (Lipinski definition) is 7. The highest BCUT2D eigenvalue weighted by Gasteiger charge is 2.35. The number of anilines is 1. The first-order chi connectivity index (χ1) is 16.5. The summed E-state index contributed by atoms with van der Waals surface area (Å²) in [5, 5.41) is 13.7. The molecule has 0 amide bonds. The number of H-pyrrole nitrogens is 1. The van der Waals surface area contributed by atoms with Crippen LogP contribution in [0, 0.1) is 11.3 Å². The Kier molecular flexibility index (Phi) is 5.75. The quantitative estimate of drug-likeness (QED) is 0.492. The zero-order valence-corrected chi connectivity index (χ0v) is 19.6. The Bertz CT molecular complexity index is 1430. The molecule has 1 aromatic carbocycles. The van der Waals surface area contributed by atoms with Crippen LogP contribution in [0.15, 0.2) is 47.5 Å². The standard InChI is InChI=1S/C25H28N8O/c1-4-20-15-31(25-13-24(34)29-23-12-19(7-8-26)30-33(23)25)16(2)14-32(20)17(3)18-5-6-21-22(11-18)28-10-9-27-21/h5-6,9-13,16-17,20H,4,7,14-15H2,1-3H3,(H,29,34)/t16-,17+,20+/m0/s1. The van der Waals surface area contributed by atoms with Crippen molar-refractivity contribution in [1.82, 2.24) is 29.5 Å². The number of benzene rings is 1.